The van der Waals surface area contributed by atoms with Gasteiger partial charge in [0.05, 0.1) is 0 Å². The van der Waals surface area contributed by atoms with Gasteiger partial charge in [0, 0.05) is 18.0 Å². The van der Waals surface area contributed by atoms with Crippen LogP contribution in [-0.2, 0) is 0 Å². The van der Waals surface area contributed by atoms with Gasteiger partial charge in [0.25, 0.3) is 0 Å². The van der Waals surface area contributed by atoms with Crippen molar-refractivity contribution in [3.63, 3.8) is 0 Å². The summed E-state index contributed by atoms with van der Waals surface area (Å²) in [5.41, 5.74) is 4.44. The van der Waals surface area contributed by atoms with E-state index in [1.165, 1.54) is 29.5 Å². The average molecular weight is 265 g/mol. The van der Waals surface area contributed by atoms with E-state index in [-0.39, 0.29) is 0 Å². The Balaban J connectivity index is 1.97. The standard InChI is InChI=1S/C19H23N/c1-14(2)20-19-13-12-16(15-8-4-3-5-9-15)17-10-6-7-11-18(17)19/h3-11,14,16,19-20H,12-13H2,1-2H3/t16-,19+/m1/s1. The van der Waals surface area contributed by atoms with Crippen molar-refractivity contribution in [2.75, 3.05) is 0 Å². The summed E-state index contributed by atoms with van der Waals surface area (Å²) in [5.74, 6) is 0.553. The quantitative estimate of drug-likeness (QED) is 0.851. The monoisotopic (exact) mass is 265 g/mol. The molecule has 1 nitrogen and oxygen atoms in total. The van der Waals surface area contributed by atoms with E-state index in [0.717, 1.165) is 0 Å². The smallest absolute Gasteiger partial charge is 0.0325 e. The van der Waals surface area contributed by atoms with E-state index in [4.69, 9.17) is 0 Å². The van der Waals surface area contributed by atoms with E-state index in [1.54, 1.807) is 0 Å². The molecule has 1 N–H and O–H groups in total. The fourth-order valence-corrected chi connectivity index (χ4v) is 3.40. The molecule has 0 unspecified atom stereocenters. The van der Waals surface area contributed by atoms with Crippen LogP contribution >= 0.6 is 0 Å². The Bertz CT molecular complexity index is 559. The number of rotatable bonds is 3. The van der Waals surface area contributed by atoms with E-state index in [0.29, 0.717) is 18.0 Å². The molecule has 2 aromatic rings. The number of hydrogen-bond acceptors (Lipinski definition) is 1. The lowest BCUT2D eigenvalue weighted by atomic mass is 9.76. The molecular weight excluding hydrogens is 242 g/mol. The van der Waals surface area contributed by atoms with E-state index in [1.807, 2.05) is 0 Å². The van der Waals surface area contributed by atoms with E-state index in [9.17, 15) is 0 Å². The van der Waals surface area contributed by atoms with E-state index >= 15 is 0 Å². The topological polar surface area (TPSA) is 12.0 Å². The minimum atomic E-state index is 0.506. The molecular formula is C19H23N. The molecule has 0 fully saturated rings. The Hall–Kier alpha value is -1.60. The third-order valence-corrected chi connectivity index (χ3v) is 4.23. The van der Waals surface area contributed by atoms with Crippen molar-refractivity contribution in [2.45, 2.75) is 44.7 Å². The van der Waals surface area contributed by atoms with Crippen molar-refractivity contribution in [1.29, 1.82) is 0 Å². The fraction of sp³-hybridized carbons (Fsp3) is 0.368. The predicted octanol–water partition coefficient (Wildman–Crippen LogP) is 4.65. The third kappa shape index (κ3) is 2.64. The van der Waals surface area contributed by atoms with Gasteiger partial charge in [0.2, 0.25) is 0 Å². The van der Waals surface area contributed by atoms with Crippen LogP contribution in [0.5, 0.6) is 0 Å². The summed E-state index contributed by atoms with van der Waals surface area (Å²) >= 11 is 0. The highest BCUT2D eigenvalue weighted by Crippen LogP contribution is 2.41. The van der Waals surface area contributed by atoms with Gasteiger partial charge in [0.1, 0.15) is 0 Å². The third-order valence-electron chi connectivity index (χ3n) is 4.23. The van der Waals surface area contributed by atoms with Crippen LogP contribution < -0.4 is 5.32 Å². The largest absolute Gasteiger partial charge is 0.308 e. The zero-order chi connectivity index (χ0) is 13.9. The summed E-state index contributed by atoms with van der Waals surface area (Å²) in [6.45, 7) is 4.46. The summed E-state index contributed by atoms with van der Waals surface area (Å²) in [7, 11) is 0. The van der Waals surface area contributed by atoms with Gasteiger partial charge in [-0.2, -0.15) is 0 Å². The number of hydrogen-bond donors (Lipinski definition) is 1. The second-order valence-electron chi connectivity index (χ2n) is 6.04. The molecule has 0 bridgehead atoms. The zero-order valence-corrected chi connectivity index (χ0v) is 12.3. The fourth-order valence-electron chi connectivity index (χ4n) is 3.40. The van der Waals surface area contributed by atoms with Gasteiger partial charge < -0.3 is 5.32 Å². The van der Waals surface area contributed by atoms with E-state index in [2.05, 4.69) is 73.8 Å². The molecule has 0 aromatic heterocycles. The van der Waals surface area contributed by atoms with Crippen LogP contribution in [0.25, 0.3) is 0 Å². The van der Waals surface area contributed by atoms with Crippen LogP contribution in [0.3, 0.4) is 0 Å². The molecule has 104 valence electrons. The molecule has 1 heteroatoms. The Kier molecular flexibility index (Phi) is 3.88. The van der Waals surface area contributed by atoms with Gasteiger partial charge in [0.15, 0.2) is 0 Å². The second kappa shape index (κ2) is 5.80. The lowest BCUT2D eigenvalue weighted by molar-refractivity contribution is 0.409. The SMILES string of the molecule is CC(C)N[C@H]1CC[C@H](c2ccccc2)c2ccccc21. The molecule has 0 spiro atoms. The van der Waals surface area contributed by atoms with Crippen molar-refractivity contribution < 1.29 is 0 Å². The van der Waals surface area contributed by atoms with E-state index < -0.39 is 0 Å². The highest BCUT2D eigenvalue weighted by Gasteiger charge is 2.27. The Labute approximate surface area is 122 Å². The van der Waals surface area contributed by atoms with Crippen molar-refractivity contribution in [3.05, 3.63) is 71.3 Å². The molecule has 3 rings (SSSR count). The molecule has 0 radical (unpaired) electrons. The number of nitrogens with one attached hydrogen (secondary N) is 1. The van der Waals surface area contributed by atoms with Crippen LogP contribution in [0.4, 0.5) is 0 Å². The lowest BCUT2D eigenvalue weighted by Gasteiger charge is -2.33. The maximum absolute atomic E-state index is 3.71. The second-order valence-corrected chi connectivity index (χ2v) is 6.04. The lowest BCUT2D eigenvalue weighted by Crippen LogP contribution is -2.31. The van der Waals surface area contributed by atoms with Crippen LogP contribution in [0.2, 0.25) is 0 Å². The predicted molar refractivity (Wildman–Crippen MR) is 85.0 cm³/mol. The first-order valence-electron chi connectivity index (χ1n) is 7.65. The van der Waals surface area contributed by atoms with Crippen LogP contribution in [-0.4, -0.2) is 6.04 Å². The van der Waals surface area contributed by atoms with Gasteiger partial charge >= 0.3 is 0 Å². The molecule has 0 saturated heterocycles. The average Bonchev–Trinajstić information content (AvgIpc) is 2.48. The van der Waals surface area contributed by atoms with Crippen molar-refractivity contribution in [2.24, 2.45) is 0 Å². The molecule has 1 aliphatic carbocycles. The zero-order valence-electron chi connectivity index (χ0n) is 12.3. The Morgan fingerprint density at radius 3 is 2.20 bits per heavy atom. The normalized spacial score (nSPS) is 21.8. The van der Waals surface area contributed by atoms with Crippen LogP contribution in [0.15, 0.2) is 54.6 Å². The first-order chi connectivity index (χ1) is 9.75. The first kappa shape index (κ1) is 13.4. The summed E-state index contributed by atoms with van der Waals surface area (Å²) in [5, 5.41) is 3.71. The summed E-state index contributed by atoms with van der Waals surface area (Å²) < 4.78 is 0. The molecule has 2 atom stereocenters. The Morgan fingerprint density at radius 2 is 1.50 bits per heavy atom. The maximum atomic E-state index is 3.71. The minimum absolute atomic E-state index is 0.506. The van der Waals surface area contributed by atoms with Gasteiger partial charge in [-0.05, 0) is 29.5 Å². The van der Waals surface area contributed by atoms with Crippen molar-refractivity contribution in [1.82, 2.24) is 5.32 Å². The Morgan fingerprint density at radius 1 is 0.850 bits per heavy atom. The summed E-state index contributed by atoms with van der Waals surface area (Å²) in [6.07, 6.45) is 2.44. The number of benzene rings is 2. The van der Waals surface area contributed by atoms with Gasteiger partial charge in [-0.25, -0.2) is 0 Å². The molecule has 2 aromatic carbocycles. The summed E-state index contributed by atoms with van der Waals surface area (Å²) in [4.78, 5) is 0. The molecule has 20 heavy (non-hydrogen) atoms. The first-order valence-corrected chi connectivity index (χ1v) is 7.65. The molecule has 1 aliphatic rings. The number of fused-ring (bicyclic) bond motifs is 1. The van der Waals surface area contributed by atoms with Gasteiger partial charge in [-0.1, -0.05) is 68.4 Å². The van der Waals surface area contributed by atoms with Crippen LogP contribution in [0.1, 0.15) is 55.3 Å². The van der Waals surface area contributed by atoms with Gasteiger partial charge in [-0.3, -0.25) is 0 Å². The minimum Gasteiger partial charge on any atom is -0.308 e. The molecule has 0 saturated carbocycles. The highest BCUT2D eigenvalue weighted by atomic mass is 14.9. The highest BCUT2D eigenvalue weighted by molar-refractivity contribution is 5.41. The molecule has 0 aliphatic heterocycles. The maximum Gasteiger partial charge on any atom is 0.0325 e. The molecule has 0 heterocycles. The van der Waals surface area contributed by atoms with Crippen molar-refractivity contribution >= 4 is 0 Å². The summed E-state index contributed by atoms with van der Waals surface area (Å²) in [6, 6.07) is 20.9. The van der Waals surface area contributed by atoms with Gasteiger partial charge in [-0.15, -0.1) is 0 Å². The van der Waals surface area contributed by atoms with Crippen molar-refractivity contribution in [3.8, 4) is 0 Å². The van der Waals surface area contributed by atoms with Crippen LogP contribution in [0, 0.1) is 0 Å². The molecule has 0 amide bonds.